The molecule has 0 saturated heterocycles. The summed E-state index contributed by atoms with van der Waals surface area (Å²) in [7, 11) is 1.67. The Morgan fingerprint density at radius 3 is 1.89 bits per heavy atom. The van der Waals surface area contributed by atoms with Gasteiger partial charge in [0.25, 0.3) is 6.71 Å². The Bertz CT molecular complexity index is 1560. The maximum absolute atomic E-state index is 5.56. The van der Waals surface area contributed by atoms with Gasteiger partial charge in [-0.05, 0) is 64.9 Å². The summed E-state index contributed by atoms with van der Waals surface area (Å²) in [5, 5.41) is 0. The molecule has 2 aliphatic rings. The quantitative estimate of drug-likeness (QED) is 0.347. The number of ether oxygens (including phenoxy) is 1. The summed E-state index contributed by atoms with van der Waals surface area (Å²) in [6, 6.07) is 40.5. The Kier molecular flexibility index (Phi) is 4.43. The average Bonchev–Trinajstić information content (AvgIpc) is 2.93. The minimum absolute atomic E-state index is 0.0748. The molecule has 35 heavy (non-hydrogen) atoms. The Morgan fingerprint density at radius 2 is 1.17 bits per heavy atom. The molecule has 0 N–H and O–H groups in total. The molecule has 7 rings (SSSR count). The zero-order chi connectivity index (χ0) is 23.4. The Balaban J connectivity index is 1.58. The van der Waals surface area contributed by atoms with E-state index in [1.54, 1.807) is 7.11 Å². The minimum Gasteiger partial charge on any atom is -0.481 e. The maximum Gasteiger partial charge on any atom is 0.254 e. The van der Waals surface area contributed by atoms with Gasteiger partial charge in [0.2, 0.25) is 5.88 Å². The van der Waals surface area contributed by atoms with Crippen molar-refractivity contribution < 1.29 is 4.74 Å². The molecule has 0 saturated carbocycles. The molecule has 0 fully saturated rings. The summed E-state index contributed by atoms with van der Waals surface area (Å²) in [6.45, 7) is 0.0748. The van der Waals surface area contributed by atoms with Crippen molar-refractivity contribution in [3.05, 3.63) is 115 Å². The largest absolute Gasteiger partial charge is 0.481 e. The molecular formula is C30H22BN3O. The molecule has 0 atom stereocenters. The number of aromatic nitrogens is 1. The van der Waals surface area contributed by atoms with Crippen molar-refractivity contribution in [3.63, 3.8) is 0 Å². The third kappa shape index (κ3) is 2.91. The van der Waals surface area contributed by atoms with E-state index in [2.05, 4.69) is 113 Å². The number of para-hydroxylation sites is 3. The molecule has 0 amide bonds. The van der Waals surface area contributed by atoms with E-state index in [-0.39, 0.29) is 6.71 Å². The normalized spacial score (nSPS) is 13.1. The van der Waals surface area contributed by atoms with Crippen LogP contribution in [0.1, 0.15) is 0 Å². The molecule has 0 radical (unpaired) electrons. The number of benzene rings is 4. The first-order chi connectivity index (χ1) is 17.3. The number of anilines is 6. The fraction of sp³-hybridized carbons (Fsp3) is 0.0333. The molecular weight excluding hydrogens is 429 g/mol. The molecule has 3 heterocycles. The maximum atomic E-state index is 5.56. The highest BCUT2D eigenvalue weighted by molar-refractivity contribution is 7.00. The van der Waals surface area contributed by atoms with E-state index in [0.717, 1.165) is 22.9 Å². The van der Waals surface area contributed by atoms with Crippen molar-refractivity contribution in [2.24, 2.45) is 0 Å². The van der Waals surface area contributed by atoms with E-state index in [9.17, 15) is 0 Å². The van der Waals surface area contributed by atoms with Crippen LogP contribution < -0.4 is 30.9 Å². The van der Waals surface area contributed by atoms with Gasteiger partial charge in [-0.1, -0.05) is 66.7 Å². The molecule has 0 spiro atoms. The van der Waals surface area contributed by atoms with Gasteiger partial charge in [-0.3, -0.25) is 4.90 Å². The van der Waals surface area contributed by atoms with Crippen LogP contribution >= 0.6 is 0 Å². The van der Waals surface area contributed by atoms with Crippen LogP contribution in [0.25, 0.3) is 0 Å². The molecule has 0 unspecified atom stereocenters. The topological polar surface area (TPSA) is 28.6 Å². The van der Waals surface area contributed by atoms with Crippen molar-refractivity contribution in [1.82, 2.24) is 4.98 Å². The first kappa shape index (κ1) is 19.9. The predicted octanol–water partition coefficient (Wildman–Crippen LogP) is 5.17. The van der Waals surface area contributed by atoms with Crippen LogP contribution in [0.15, 0.2) is 115 Å². The van der Waals surface area contributed by atoms with E-state index in [4.69, 9.17) is 9.72 Å². The van der Waals surface area contributed by atoms with Crippen LogP contribution in [0, 0.1) is 0 Å². The summed E-state index contributed by atoms with van der Waals surface area (Å²) in [5.74, 6) is 1.52. The van der Waals surface area contributed by atoms with E-state index in [0.29, 0.717) is 5.88 Å². The fourth-order valence-corrected chi connectivity index (χ4v) is 5.54. The van der Waals surface area contributed by atoms with Crippen LogP contribution in [-0.2, 0) is 0 Å². The molecule has 4 nitrogen and oxygen atoms in total. The van der Waals surface area contributed by atoms with Crippen molar-refractivity contribution in [3.8, 4) is 5.88 Å². The standard InChI is InChI=1S/C30H22BN3O/c1-35-28-20-19-24-30(32-28)34(22-13-6-3-7-14-22)27-18-10-17-26-29(27)31(24)23-15-8-9-16-25(23)33(26)21-11-4-2-5-12-21/h2-20H,1H3. The lowest BCUT2D eigenvalue weighted by atomic mass is 9.33. The Hall–Kier alpha value is -4.51. The molecule has 2 aliphatic heterocycles. The van der Waals surface area contributed by atoms with Crippen LogP contribution in [-0.4, -0.2) is 18.8 Å². The summed E-state index contributed by atoms with van der Waals surface area (Å²) in [4.78, 5) is 9.63. The van der Waals surface area contributed by atoms with Gasteiger partial charge in [-0.15, -0.1) is 0 Å². The second-order valence-corrected chi connectivity index (χ2v) is 8.81. The van der Waals surface area contributed by atoms with Gasteiger partial charge >= 0.3 is 0 Å². The van der Waals surface area contributed by atoms with Gasteiger partial charge in [0.1, 0.15) is 5.82 Å². The number of hydrogen-bond donors (Lipinski definition) is 0. The SMILES string of the molecule is COc1ccc2c(n1)N(c1ccccc1)c1cccc3c1B2c1ccccc1N3c1ccccc1. The minimum atomic E-state index is 0.0748. The van der Waals surface area contributed by atoms with Crippen LogP contribution in [0.2, 0.25) is 0 Å². The van der Waals surface area contributed by atoms with Gasteiger partial charge in [0.15, 0.2) is 0 Å². The zero-order valence-electron chi connectivity index (χ0n) is 19.3. The highest BCUT2D eigenvalue weighted by Gasteiger charge is 2.43. The van der Waals surface area contributed by atoms with E-state index >= 15 is 0 Å². The molecule has 4 aromatic carbocycles. The summed E-state index contributed by atoms with van der Waals surface area (Å²) in [6.07, 6.45) is 0. The number of pyridine rings is 1. The Morgan fingerprint density at radius 1 is 0.571 bits per heavy atom. The molecule has 5 heteroatoms. The number of nitrogens with zero attached hydrogens (tertiary/aromatic N) is 3. The van der Waals surface area contributed by atoms with Gasteiger partial charge in [-0.2, -0.15) is 4.98 Å². The first-order valence-electron chi connectivity index (χ1n) is 11.8. The molecule has 1 aromatic heterocycles. The van der Waals surface area contributed by atoms with Crippen molar-refractivity contribution in [2.45, 2.75) is 0 Å². The fourth-order valence-electron chi connectivity index (χ4n) is 5.54. The zero-order valence-corrected chi connectivity index (χ0v) is 19.3. The second kappa shape index (κ2) is 7.78. The van der Waals surface area contributed by atoms with E-state index in [1.165, 1.54) is 27.8 Å². The van der Waals surface area contributed by atoms with Crippen LogP contribution in [0.4, 0.5) is 34.3 Å². The van der Waals surface area contributed by atoms with Gasteiger partial charge in [-0.25, -0.2) is 0 Å². The number of fused-ring (bicyclic) bond motifs is 4. The summed E-state index contributed by atoms with van der Waals surface area (Å²) in [5.41, 5.74) is 9.50. The first-order valence-corrected chi connectivity index (χ1v) is 11.8. The van der Waals surface area contributed by atoms with Gasteiger partial charge < -0.3 is 9.64 Å². The summed E-state index contributed by atoms with van der Waals surface area (Å²) < 4.78 is 5.56. The lowest BCUT2D eigenvalue weighted by Gasteiger charge is -2.43. The monoisotopic (exact) mass is 451 g/mol. The number of hydrogen-bond acceptors (Lipinski definition) is 4. The van der Waals surface area contributed by atoms with Crippen LogP contribution in [0.3, 0.4) is 0 Å². The predicted molar refractivity (Wildman–Crippen MR) is 145 cm³/mol. The third-order valence-electron chi connectivity index (χ3n) is 6.96. The number of rotatable bonds is 3. The molecule has 0 bridgehead atoms. The smallest absolute Gasteiger partial charge is 0.254 e. The Labute approximate surface area is 205 Å². The average molecular weight is 451 g/mol. The van der Waals surface area contributed by atoms with Crippen LogP contribution in [0.5, 0.6) is 5.88 Å². The number of methoxy groups -OCH3 is 1. The van der Waals surface area contributed by atoms with Gasteiger partial charge in [0, 0.05) is 28.4 Å². The molecule has 0 aliphatic carbocycles. The molecule has 166 valence electrons. The van der Waals surface area contributed by atoms with Gasteiger partial charge in [0.05, 0.1) is 7.11 Å². The highest BCUT2D eigenvalue weighted by atomic mass is 16.5. The van der Waals surface area contributed by atoms with E-state index in [1.807, 2.05) is 12.1 Å². The second-order valence-electron chi connectivity index (χ2n) is 8.81. The lowest BCUT2D eigenvalue weighted by Crippen LogP contribution is -2.61. The lowest BCUT2D eigenvalue weighted by molar-refractivity contribution is 0.398. The van der Waals surface area contributed by atoms with E-state index < -0.39 is 0 Å². The third-order valence-corrected chi connectivity index (χ3v) is 6.96. The molecule has 5 aromatic rings. The van der Waals surface area contributed by atoms with Crippen molar-refractivity contribution in [2.75, 3.05) is 16.9 Å². The van der Waals surface area contributed by atoms with Crippen molar-refractivity contribution in [1.29, 1.82) is 0 Å². The van der Waals surface area contributed by atoms with Crippen molar-refractivity contribution >= 4 is 57.4 Å². The highest BCUT2D eigenvalue weighted by Crippen LogP contribution is 2.43. The summed E-state index contributed by atoms with van der Waals surface area (Å²) >= 11 is 0.